The molecule has 1 aromatic heterocycles. The van der Waals surface area contributed by atoms with Crippen molar-refractivity contribution >= 4 is 23.5 Å². The van der Waals surface area contributed by atoms with E-state index in [0.717, 1.165) is 15.6 Å². The van der Waals surface area contributed by atoms with E-state index in [2.05, 4.69) is 5.10 Å². The Morgan fingerprint density at radius 2 is 1.64 bits per heavy atom. The molecule has 1 aliphatic rings. The highest BCUT2D eigenvalue weighted by atomic mass is 16.6. The molecule has 166 valence electrons. The van der Waals surface area contributed by atoms with Gasteiger partial charge in [0.15, 0.2) is 0 Å². The number of carbonyl (C=O) groups is 3. The van der Waals surface area contributed by atoms with Gasteiger partial charge in [0.1, 0.15) is 12.3 Å². The van der Waals surface area contributed by atoms with Crippen LogP contribution in [0.15, 0.2) is 59.4 Å². The number of rotatable bonds is 6. The van der Waals surface area contributed by atoms with Crippen LogP contribution in [0, 0.1) is 17.0 Å². The van der Waals surface area contributed by atoms with E-state index >= 15 is 0 Å². The first-order valence-electron chi connectivity index (χ1n) is 9.76. The third-order valence-corrected chi connectivity index (χ3v) is 5.03. The number of nitrogens with zero attached hydrogens (tertiary/aromatic N) is 4. The summed E-state index contributed by atoms with van der Waals surface area (Å²) >= 11 is 0. The largest absolute Gasteiger partial charge is 0.459 e. The molecular weight excluding hydrogens is 432 g/mol. The number of ether oxygens (including phenoxy) is 1. The molecule has 0 atom stereocenters. The molecule has 4 rings (SSSR count). The summed E-state index contributed by atoms with van der Waals surface area (Å²) in [5.41, 5.74) is -0.699. The molecule has 3 aromatic rings. The van der Waals surface area contributed by atoms with Crippen LogP contribution in [0.5, 0.6) is 0 Å². The summed E-state index contributed by atoms with van der Waals surface area (Å²) in [5.74, 6) is -2.08. The maximum atomic E-state index is 12.5. The summed E-state index contributed by atoms with van der Waals surface area (Å²) in [6.07, 6.45) is 0. The van der Waals surface area contributed by atoms with Crippen LogP contribution in [0.2, 0.25) is 0 Å². The van der Waals surface area contributed by atoms with E-state index in [1.54, 1.807) is 18.2 Å². The quantitative estimate of drug-likeness (QED) is 0.241. The second kappa shape index (κ2) is 8.46. The van der Waals surface area contributed by atoms with Crippen molar-refractivity contribution in [3.05, 3.63) is 97.4 Å². The summed E-state index contributed by atoms with van der Waals surface area (Å²) in [6.45, 7) is 0.954. The summed E-state index contributed by atoms with van der Waals surface area (Å²) in [4.78, 5) is 61.3. The third-order valence-electron chi connectivity index (χ3n) is 5.03. The van der Waals surface area contributed by atoms with Crippen LogP contribution >= 0.6 is 0 Å². The van der Waals surface area contributed by atoms with Gasteiger partial charge < -0.3 is 4.74 Å². The first-order chi connectivity index (χ1) is 15.8. The van der Waals surface area contributed by atoms with Crippen molar-refractivity contribution in [2.45, 2.75) is 6.92 Å². The molecule has 0 spiro atoms. The van der Waals surface area contributed by atoms with Gasteiger partial charge in [-0.25, -0.2) is 9.48 Å². The van der Waals surface area contributed by atoms with Crippen LogP contribution in [0.3, 0.4) is 0 Å². The first-order valence-corrected chi connectivity index (χ1v) is 9.76. The molecular formula is C22H16N4O7. The number of hydrogen-bond donors (Lipinski definition) is 0. The molecule has 11 heteroatoms. The zero-order valence-corrected chi connectivity index (χ0v) is 17.3. The van der Waals surface area contributed by atoms with Gasteiger partial charge >= 0.3 is 5.97 Å². The fourth-order valence-corrected chi connectivity index (χ4v) is 3.47. The molecule has 11 nitrogen and oxygen atoms in total. The highest BCUT2D eigenvalue weighted by Crippen LogP contribution is 2.23. The molecule has 0 N–H and O–H groups in total. The molecule has 0 saturated heterocycles. The van der Waals surface area contributed by atoms with Crippen LogP contribution in [-0.4, -0.2) is 50.5 Å². The van der Waals surface area contributed by atoms with Crippen LogP contribution in [0.25, 0.3) is 5.69 Å². The number of amides is 2. The van der Waals surface area contributed by atoms with Gasteiger partial charge in [-0.15, -0.1) is 0 Å². The van der Waals surface area contributed by atoms with Crippen LogP contribution in [0.1, 0.15) is 36.9 Å². The van der Waals surface area contributed by atoms with Crippen molar-refractivity contribution in [3.63, 3.8) is 0 Å². The Morgan fingerprint density at radius 3 is 2.27 bits per heavy atom. The number of fused-ring (bicyclic) bond motifs is 1. The summed E-state index contributed by atoms with van der Waals surface area (Å²) in [7, 11) is 0. The minimum Gasteiger partial charge on any atom is -0.459 e. The van der Waals surface area contributed by atoms with Gasteiger partial charge in [0.2, 0.25) is 11.1 Å². The predicted molar refractivity (Wildman–Crippen MR) is 113 cm³/mol. The molecule has 2 heterocycles. The Hall–Kier alpha value is -4.67. The fraction of sp³-hybridized carbons (Fsp3) is 0.136. The summed E-state index contributed by atoms with van der Waals surface area (Å²) in [6, 6.07) is 13.2. The lowest BCUT2D eigenvalue weighted by molar-refractivity contribution is -0.384. The van der Waals surface area contributed by atoms with Crippen molar-refractivity contribution in [1.29, 1.82) is 0 Å². The smallest absolute Gasteiger partial charge is 0.362 e. The zero-order valence-electron chi connectivity index (χ0n) is 17.3. The third kappa shape index (κ3) is 3.87. The number of aromatic nitrogens is 2. The Bertz CT molecular complexity index is 1340. The highest BCUT2D eigenvalue weighted by Gasteiger charge is 2.35. The molecule has 0 fully saturated rings. The molecule has 0 radical (unpaired) electrons. The van der Waals surface area contributed by atoms with Gasteiger partial charge in [0.25, 0.3) is 17.5 Å². The number of nitro benzene ring substituents is 1. The van der Waals surface area contributed by atoms with Crippen molar-refractivity contribution in [2.24, 2.45) is 0 Å². The van der Waals surface area contributed by atoms with Crippen molar-refractivity contribution in [3.8, 4) is 5.69 Å². The molecule has 2 amide bonds. The van der Waals surface area contributed by atoms with Crippen molar-refractivity contribution in [2.75, 3.05) is 13.2 Å². The summed E-state index contributed by atoms with van der Waals surface area (Å²) < 4.78 is 6.19. The number of aryl methyl sites for hydroxylation is 1. The Labute approximate surface area is 186 Å². The van der Waals surface area contributed by atoms with Gasteiger partial charge in [-0.05, 0) is 25.1 Å². The average Bonchev–Trinajstić information content (AvgIpc) is 3.04. The van der Waals surface area contributed by atoms with Gasteiger partial charge in [-0.3, -0.25) is 29.4 Å². The normalized spacial score (nSPS) is 12.6. The Morgan fingerprint density at radius 1 is 1.03 bits per heavy atom. The zero-order chi connectivity index (χ0) is 23.7. The van der Waals surface area contributed by atoms with Crippen LogP contribution in [-0.2, 0) is 4.74 Å². The molecule has 0 unspecified atom stereocenters. The average molecular weight is 448 g/mol. The number of esters is 1. The van der Waals surface area contributed by atoms with Crippen LogP contribution < -0.4 is 5.43 Å². The maximum Gasteiger partial charge on any atom is 0.362 e. The fourth-order valence-electron chi connectivity index (χ4n) is 3.47. The second-order valence-corrected chi connectivity index (χ2v) is 7.10. The molecule has 0 bridgehead atoms. The van der Waals surface area contributed by atoms with Gasteiger partial charge in [-0.2, -0.15) is 5.10 Å². The topological polar surface area (TPSA) is 142 Å². The summed E-state index contributed by atoms with van der Waals surface area (Å²) in [5, 5.41) is 15.3. The number of nitro groups is 1. The monoisotopic (exact) mass is 448 g/mol. The Balaban J connectivity index is 1.53. The standard InChI is InChI=1S/C22H16N4O7/c1-13-12-18(27)19(23-25(13)16-8-4-5-9-17(16)26(31)32)22(30)33-11-10-24-20(28)14-6-2-3-7-15(14)21(24)29/h2-9,12H,10-11H2,1H3. The predicted octanol–water partition coefficient (Wildman–Crippen LogP) is 1.90. The lowest BCUT2D eigenvalue weighted by Gasteiger charge is -2.14. The number of imide groups is 1. The van der Waals surface area contributed by atoms with E-state index in [1.165, 1.54) is 37.3 Å². The SMILES string of the molecule is Cc1cc(=O)c(C(=O)OCCN2C(=O)c3ccccc3C2=O)nn1-c1ccccc1[N+](=O)[O-]. The van der Waals surface area contributed by atoms with E-state index in [4.69, 9.17) is 4.74 Å². The lowest BCUT2D eigenvalue weighted by Crippen LogP contribution is -2.34. The molecule has 1 aliphatic heterocycles. The van der Waals surface area contributed by atoms with Crippen molar-refractivity contribution < 1.29 is 24.0 Å². The molecule has 0 aliphatic carbocycles. The van der Waals surface area contributed by atoms with Gasteiger partial charge in [-0.1, -0.05) is 24.3 Å². The molecule has 33 heavy (non-hydrogen) atoms. The second-order valence-electron chi connectivity index (χ2n) is 7.10. The minimum atomic E-state index is -1.08. The number of benzene rings is 2. The van der Waals surface area contributed by atoms with E-state index in [1.807, 2.05) is 0 Å². The van der Waals surface area contributed by atoms with E-state index < -0.39 is 33.8 Å². The first kappa shape index (κ1) is 21.6. The van der Waals surface area contributed by atoms with E-state index in [9.17, 15) is 29.3 Å². The highest BCUT2D eigenvalue weighted by molar-refractivity contribution is 6.21. The lowest BCUT2D eigenvalue weighted by atomic mass is 10.1. The molecule has 2 aromatic carbocycles. The maximum absolute atomic E-state index is 12.5. The van der Waals surface area contributed by atoms with E-state index in [-0.39, 0.29) is 41.3 Å². The van der Waals surface area contributed by atoms with E-state index in [0.29, 0.717) is 0 Å². The number of hydrogen-bond acceptors (Lipinski definition) is 8. The van der Waals surface area contributed by atoms with Gasteiger partial charge in [0.05, 0.1) is 22.6 Å². The van der Waals surface area contributed by atoms with Gasteiger partial charge in [0, 0.05) is 17.8 Å². The number of carbonyl (C=O) groups excluding carboxylic acids is 3. The minimum absolute atomic E-state index is 0.0695. The van der Waals surface area contributed by atoms with Crippen molar-refractivity contribution in [1.82, 2.24) is 14.7 Å². The Kier molecular flexibility index (Phi) is 5.53. The number of para-hydroxylation sites is 2. The van der Waals surface area contributed by atoms with Crippen LogP contribution in [0.4, 0.5) is 5.69 Å². The molecule has 0 saturated carbocycles.